The number of fused-ring (bicyclic) bond motifs is 3. The molecular formula is C20H18F2N2O3. The number of H-pyrrole nitrogens is 1. The maximum atomic E-state index is 13.8. The van der Waals surface area contributed by atoms with Crippen molar-refractivity contribution in [1.29, 1.82) is 0 Å². The molecule has 1 atom stereocenters. The number of hydrogen-bond donors (Lipinski definition) is 2. The highest BCUT2D eigenvalue weighted by atomic mass is 19.1. The Balaban J connectivity index is 1.73. The summed E-state index contributed by atoms with van der Waals surface area (Å²) < 4.78 is 38.4. The summed E-state index contributed by atoms with van der Waals surface area (Å²) in [5, 5.41) is 3.17. The maximum absolute atomic E-state index is 13.8. The molecule has 1 aliphatic heterocycles. The fourth-order valence-electron chi connectivity index (χ4n) is 3.31. The predicted octanol–water partition coefficient (Wildman–Crippen LogP) is 4.42. The van der Waals surface area contributed by atoms with Crippen molar-refractivity contribution < 1.29 is 23.0 Å². The molecule has 0 spiro atoms. The lowest BCUT2D eigenvalue weighted by Gasteiger charge is -2.08. The van der Waals surface area contributed by atoms with E-state index in [1.165, 1.54) is 6.07 Å². The number of ether oxygens (including phenoxy) is 2. The molecule has 0 saturated carbocycles. The highest BCUT2D eigenvalue weighted by Crippen LogP contribution is 2.41. The third-order valence-corrected chi connectivity index (χ3v) is 4.46. The first kappa shape index (κ1) is 17.3. The summed E-state index contributed by atoms with van der Waals surface area (Å²) in [7, 11) is 0. The van der Waals surface area contributed by atoms with E-state index in [1.54, 1.807) is 6.07 Å². The van der Waals surface area contributed by atoms with Gasteiger partial charge in [-0.1, -0.05) is 0 Å². The van der Waals surface area contributed by atoms with Gasteiger partial charge in [0, 0.05) is 23.4 Å². The number of aromatic nitrogens is 1. The number of anilines is 1. The first-order valence-electron chi connectivity index (χ1n) is 8.70. The van der Waals surface area contributed by atoms with Gasteiger partial charge in [-0.2, -0.15) is 0 Å². The molecule has 0 radical (unpaired) electrons. The predicted molar refractivity (Wildman–Crippen MR) is 97.6 cm³/mol. The maximum Gasteiger partial charge on any atom is 0.272 e. The van der Waals surface area contributed by atoms with E-state index in [-0.39, 0.29) is 17.5 Å². The molecule has 0 unspecified atom stereocenters. The van der Waals surface area contributed by atoms with Crippen molar-refractivity contribution in [3.05, 3.63) is 53.2 Å². The first-order valence-corrected chi connectivity index (χ1v) is 8.70. The average Bonchev–Trinajstić information content (AvgIpc) is 3.21. The van der Waals surface area contributed by atoms with Gasteiger partial charge in [0.1, 0.15) is 34.9 Å². The van der Waals surface area contributed by atoms with E-state index in [4.69, 9.17) is 9.47 Å². The summed E-state index contributed by atoms with van der Waals surface area (Å²) in [4.78, 5) is 15.6. The molecule has 0 fully saturated rings. The fourth-order valence-corrected chi connectivity index (χ4v) is 3.31. The molecule has 2 aromatic carbocycles. The number of halogens is 2. The van der Waals surface area contributed by atoms with Crippen LogP contribution in [0.3, 0.4) is 0 Å². The van der Waals surface area contributed by atoms with Gasteiger partial charge in [-0.25, -0.2) is 8.78 Å². The van der Waals surface area contributed by atoms with Gasteiger partial charge in [-0.05, 0) is 38.1 Å². The van der Waals surface area contributed by atoms with Crippen LogP contribution in [0, 0.1) is 11.6 Å². The van der Waals surface area contributed by atoms with E-state index in [9.17, 15) is 13.6 Å². The number of carbonyl (C=O) groups excluding carboxylic acids is 1. The Morgan fingerprint density at radius 3 is 2.89 bits per heavy atom. The molecule has 1 aliphatic rings. The van der Waals surface area contributed by atoms with Crippen LogP contribution in [-0.2, 0) is 6.42 Å². The Kier molecular flexibility index (Phi) is 4.22. The number of rotatable bonds is 4. The van der Waals surface area contributed by atoms with Gasteiger partial charge in [-0.15, -0.1) is 0 Å². The lowest BCUT2D eigenvalue weighted by molar-refractivity contribution is 0.102. The van der Waals surface area contributed by atoms with Crippen LogP contribution in [0.4, 0.5) is 14.5 Å². The second kappa shape index (κ2) is 6.57. The van der Waals surface area contributed by atoms with Gasteiger partial charge in [0.05, 0.1) is 17.8 Å². The molecule has 2 N–H and O–H groups in total. The van der Waals surface area contributed by atoms with E-state index in [0.717, 1.165) is 29.5 Å². The SMILES string of the molecule is CCOc1cc2c(c3[nH]c(C(=O)Nc4ccc(F)cc4F)cc13)O[C@@H](C)C2. The lowest BCUT2D eigenvalue weighted by Crippen LogP contribution is -2.13. The molecule has 3 aromatic rings. The molecular weight excluding hydrogens is 354 g/mol. The fraction of sp³-hybridized carbons (Fsp3) is 0.250. The summed E-state index contributed by atoms with van der Waals surface area (Å²) in [5.74, 6) is -0.731. The van der Waals surface area contributed by atoms with Crippen molar-refractivity contribution in [2.24, 2.45) is 0 Å². The number of carbonyl (C=O) groups is 1. The zero-order chi connectivity index (χ0) is 19.1. The van der Waals surface area contributed by atoms with Crippen LogP contribution in [-0.4, -0.2) is 23.6 Å². The normalized spacial score (nSPS) is 15.5. The van der Waals surface area contributed by atoms with Crippen LogP contribution >= 0.6 is 0 Å². The summed E-state index contributed by atoms with van der Waals surface area (Å²) in [6, 6.07) is 6.55. The number of hydrogen-bond acceptors (Lipinski definition) is 3. The van der Waals surface area contributed by atoms with Gasteiger partial charge < -0.3 is 19.8 Å². The van der Waals surface area contributed by atoms with Crippen molar-refractivity contribution in [2.45, 2.75) is 26.4 Å². The minimum absolute atomic E-state index is 0.0361. The Morgan fingerprint density at radius 2 is 2.15 bits per heavy atom. The number of aromatic amines is 1. The first-order chi connectivity index (χ1) is 13.0. The summed E-state index contributed by atoms with van der Waals surface area (Å²) >= 11 is 0. The van der Waals surface area contributed by atoms with Crippen LogP contribution < -0.4 is 14.8 Å². The number of nitrogens with one attached hydrogen (secondary N) is 2. The summed E-state index contributed by atoms with van der Waals surface area (Å²) in [5.41, 5.74) is 1.81. The average molecular weight is 372 g/mol. The largest absolute Gasteiger partial charge is 0.493 e. The molecule has 7 heteroatoms. The van der Waals surface area contributed by atoms with Gasteiger partial charge in [0.15, 0.2) is 0 Å². The van der Waals surface area contributed by atoms with Crippen molar-refractivity contribution in [3.8, 4) is 11.5 Å². The van der Waals surface area contributed by atoms with E-state index in [1.807, 2.05) is 19.9 Å². The van der Waals surface area contributed by atoms with Crippen LogP contribution in [0.2, 0.25) is 0 Å². The molecule has 1 aromatic heterocycles. The number of benzene rings is 2. The number of amides is 1. The molecule has 1 amide bonds. The molecule has 4 rings (SSSR count). The summed E-state index contributed by atoms with van der Waals surface area (Å²) in [6.45, 7) is 4.34. The standard InChI is InChI=1S/C20H18F2N2O3/c1-3-26-17-7-11-6-10(2)27-19(11)18-13(17)9-16(23-18)20(25)24-15-5-4-12(21)8-14(15)22/h4-5,7-10,23H,3,6H2,1-2H3,(H,24,25)/t10-/m0/s1. The molecule has 2 heterocycles. The van der Waals surface area contributed by atoms with Crippen LogP contribution in [0.25, 0.3) is 10.9 Å². The van der Waals surface area contributed by atoms with Crippen molar-refractivity contribution in [2.75, 3.05) is 11.9 Å². The molecule has 0 bridgehead atoms. The summed E-state index contributed by atoms with van der Waals surface area (Å²) in [6.07, 6.45) is 0.793. The smallest absolute Gasteiger partial charge is 0.272 e. The monoisotopic (exact) mass is 372 g/mol. The van der Waals surface area contributed by atoms with E-state index in [0.29, 0.717) is 23.6 Å². The van der Waals surface area contributed by atoms with Gasteiger partial charge >= 0.3 is 0 Å². The van der Waals surface area contributed by atoms with Crippen molar-refractivity contribution >= 4 is 22.5 Å². The Labute approximate surface area is 154 Å². The van der Waals surface area contributed by atoms with Crippen molar-refractivity contribution in [1.82, 2.24) is 4.98 Å². The van der Waals surface area contributed by atoms with Crippen molar-refractivity contribution in [3.63, 3.8) is 0 Å². The quantitative estimate of drug-likeness (QED) is 0.713. The Bertz CT molecular complexity index is 1050. The molecule has 5 nitrogen and oxygen atoms in total. The molecule has 27 heavy (non-hydrogen) atoms. The lowest BCUT2D eigenvalue weighted by atomic mass is 10.1. The highest BCUT2D eigenvalue weighted by molar-refractivity contribution is 6.07. The zero-order valence-electron chi connectivity index (χ0n) is 14.9. The third kappa shape index (κ3) is 3.09. The van der Waals surface area contributed by atoms with Gasteiger partial charge in [0.2, 0.25) is 0 Å². The third-order valence-electron chi connectivity index (χ3n) is 4.46. The minimum Gasteiger partial charge on any atom is -0.493 e. The minimum atomic E-state index is -0.840. The van der Waals surface area contributed by atoms with Crippen LogP contribution in [0.5, 0.6) is 11.5 Å². The molecule has 0 aliphatic carbocycles. The van der Waals surface area contributed by atoms with E-state index >= 15 is 0 Å². The second-order valence-corrected chi connectivity index (χ2v) is 6.48. The molecule has 0 saturated heterocycles. The van der Waals surface area contributed by atoms with Gasteiger partial charge in [0.25, 0.3) is 5.91 Å². The topological polar surface area (TPSA) is 63.4 Å². The van der Waals surface area contributed by atoms with Crippen LogP contribution in [0.1, 0.15) is 29.9 Å². The highest BCUT2D eigenvalue weighted by Gasteiger charge is 2.26. The zero-order valence-corrected chi connectivity index (χ0v) is 14.9. The Hall–Kier alpha value is -3.09. The van der Waals surface area contributed by atoms with E-state index in [2.05, 4.69) is 10.3 Å². The van der Waals surface area contributed by atoms with Gasteiger partial charge in [-0.3, -0.25) is 4.79 Å². The molecule has 140 valence electrons. The second-order valence-electron chi connectivity index (χ2n) is 6.48. The van der Waals surface area contributed by atoms with E-state index < -0.39 is 17.5 Å². The van der Waals surface area contributed by atoms with Crippen LogP contribution in [0.15, 0.2) is 30.3 Å². The Morgan fingerprint density at radius 1 is 1.33 bits per heavy atom.